The van der Waals surface area contributed by atoms with Crippen LogP contribution in [0.2, 0.25) is 0 Å². The van der Waals surface area contributed by atoms with Gasteiger partial charge in [-0.05, 0) is 80.5 Å². The van der Waals surface area contributed by atoms with Crippen LogP contribution in [0.3, 0.4) is 0 Å². The van der Waals surface area contributed by atoms with E-state index >= 15 is 0 Å². The van der Waals surface area contributed by atoms with E-state index in [9.17, 15) is 9.59 Å². The fourth-order valence-corrected chi connectivity index (χ4v) is 5.65. The molecular formula is C30H31NO3. The molecular weight excluding hydrogens is 422 g/mol. The number of rotatable bonds is 3. The third-order valence-electron chi connectivity index (χ3n) is 7.57. The van der Waals surface area contributed by atoms with E-state index in [2.05, 4.69) is 52.0 Å². The summed E-state index contributed by atoms with van der Waals surface area (Å²) in [4.78, 5) is 28.1. The van der Waals surface area contributed by atoms with Gasteiger partial charge >= 0.3 is 0 Å². The quantitative estimate of drug-likeness (QED) is 0.408. The first-order chi connectivity index (χ1) is 16.0. The Bertz CT molecular complexity index is 1310. The molecule has 0 aromatic heterocycles. The van der Waals surface area contributed by atoms with Crippen LogP contribution in [0.1, 0.15) is 93.6 Å². The molecule has 4 heteroatoms. The molecule has 0 saturated heterocycles. The minimum absolute atomic E-state index is 0.0167. The second-order valence-corrected chi connectivity index (χ2v) is 10.4. The standard InChI is InChI=1S/C30H31NO3/c1-16(2)20-12-14-21(15-13-20)25-24-19(5)26(17(3)18(4)27(24)34-30(25,6)7)31-28(32)22-10-8-9-11-23(22)29(31)33/h8-16,25H,1-7H3. The zero-order chi connectivity index (χ0) is 24.5. The normalized spacial score (nSPS) is 18.4. The van der Waals surface area contributed by atoms with Crippen LogP contribution in [-0.4, -0.2) is 17.4 Å². The Morgan fingerprint density at radius 3 is 1.91 bits per heavy atom. The third kappa shape index (κ3) is 3.04. The van der Waals surface area contributed by atoms with Crippen molar-refractivity contribution in [2.75, 3.05) is 4.90 Å². The highest BCUT2D eigenvalue weighted by Crippen LogP contribution is 2.54. The summed E-state index contributed by atoms with van der Waals surface area (Å²) in [7, 11) is 0. The van der Waals surface area contributed by atoms with Crippen molar-refractivity contribution < 1.29 is 14.3 Å². The van der Waals surface area contributed by atoms with Crippen molar-refractivity contribution in [2.24, 2.45) is 0 Å². The number of benzene rings is 3. The molecule has 0 saturated carbocycles. The molecule has 2 heterocycles. The molecule has 2 aliphatic rings. The molecule has 3 aromatic rings. The number of amides is 2. The molecule has 0 aliphatic carbocycles. The fraction of sp³-hybridized carbons (Fsp3) is 0.333. The molecule has 2 aliphatic heterocycles. The van der Waals surface area contributed by atoms with Crippen LogP contribution in [0.4, 0.5) is 5.69 Å². The maximum atomic E-state index is 13.4. The number of ether oxygens (including phenoxy) is 1. The van der Waals surface area contributed by atoms with Crippen LogP contribution >= 0.6 is 0 Å². The van der Waals surface area contributed by atoms with Crippen LogP contribution in [0.15, 0.2) is 48.5 Å². The zero-order valence-electron chi connectivity index (χ0n) is 20.9. The van der Waals surface area contributed by atoms with Gasteiger partial charge in [-0.2, -0.15) is 0 Å². The van der Waals surface area contributed by atoms with Crippen LogP contribution in [0, 0.1) is 20.8 Å². The van der Waals surface area contributed by atoms with Gasteiger partial charge < -0.3 is 4.74 Å². The molecule has 0 N–H and O–H groups in total. The smallest absolute Gasteiger partial charge is 0.266 e. The topological polar surface area (TPSA) is 46.6 Å². The lowest BCUT2D eigenvalue weighted by molar-refractivity contribution is 0.0925. The first kappa shape index (κ1) is 22.4. The van der Waals surface area contributed by atoms with Crippen molar-refractivity contribution >= 4 is 17.5 Å². The van der Waals surface area contributed by atoms with Crippen molar-refractivity contribution in [3.63, 3.8) is 0 Å². The zero-order valence-corrected chi connectivity index (χ0v) is 20.9. The summed E-state index contributed by atoms with van der Waals surface area (Å²) >= 11 is 0. The van der Waals surface area contributed by atoms with Gasteiger partial charge in [0.1, 0.15) is 11.4 Å². The third-order valence-corrected chi connectivity index (χ3v) is 7.57. The number of carbonyl (C=O) groups is 2. The second kappa shape index (κ2) is 7.56. The van der Waals surface area contributed by atoms with Crippen LogP contribution in [-0.2, 0) is 0 Å². The Balaban J connectivity index is 1.71. The molecule has 1 atom stereocenters. The first-order valence-electron chi connectivity index (χ1n) is 11.9. The van der Waals surface area contributed by atoms with Gasteiger partial charge in [0.05, 0.1) is 22.7 Å². The van der Waals surface area contributed by atoms with Crippen molar-refractivity contribution in [2.45, 2.75) is 65.9 Å². The molecule has 174 valence electrons. The highest BCUT2D eigenvalue weighted by molar-refractivity contribution is 6.35. The lowest BCUT2D eigenvalue weighted by atomic mass is 9.78. The highest BCUT2D eigenvalue weighted by atomic mass is 16.5. The summed E-state index contributed by atoms with van der Waals surface area (Å²) < 4.78 is 6.58. The van der Waals surface area contributed by atoms with Gasteiger partial charge in [0.2, 0.25) is 0 Å². The van der Waals surface area contributed by atoms with Gasteiger partial charge in [-0.15, -0.1) is 0 Å². The Morgan fingerprint density at radius 2 is 1.38 bits per heavy atom. The lowest BCUT2D eigenvalue weighted by Gasteiger charge is -2.28. The van der Waals surface area contributed by atoms with Crippen LogP contribution in [0.25, 0.3) is 0 Å². The molecule has 0 spiro atoms. The van der Waals surface area contributed by atoms with E-state index < -0.39 is 5.60 Å². The fourth-order valence-electron chi connectivity index (χ4n) is 5.65. The summed E-state index contributed by atoms with van der Waals surface area (Å²) in [5.74, 6) is 0.792. The predicted molar refractivity (Wildman–Crippen MR) is 135 cm³/mol. The number of fused-ring (bicyclic) bond motifs is 2. The van der Waals surface area contributed by atoms with Gasteiger partial charge in [0, 0.05) is 5.56 Å². The predicted octanol–water partition coefficient (Wildman–Crippen LogP) is 6.84. The van der Waals surface area contributed by atoms with Gasteiger partial charge in [-0.1, -0.05) is 50.2 Å². The number of anilines is 1. The highest BCUT2D eigenvalue weighted by Gasteiger charge is 2.47. The molecule has 3 aromatic carbocycles. The summed E-state index contributed by atoms with van der Waals surface area (Å²) in [5.41, 5.74) is 7.48. The lowest BCUT2D eigenvalue weighted by Crippen LogP contribution is -2.32. The van der Waals surface area contributed by atoms with Gasteiger partial charge in [-0.3, -0.25) is 9.59 Å². The van der Waals surface area contributed by atoms with E-state index in [-0.39, 0.29) is 17.7 Å². The van der Waals surface area contributed by atoms with E-state index in [4.69, 9.17) is 4.74 Å². The average Bonchev–Trinajstić information content (AvgIpc) is 3.23. The van der Waals surface area contributed by atoms with Crippen molar-refractivity contribution in [1.82, 2.24) is 0 Å². The Kier molecular flexibility index (Phi) is 4.98. The average molecular weight is 454 g/mol. The molecule has 34 heavy (non-hydrogen) atoms. The molecule has 5 rings (SSSR count). The monoisotopic (exact) mass is 453 g/mol. The van der Waals surface area contributed by atoms with Crippen molar-refractivity contribution in [1.29, 1.82) is 0 Å². The Labute approximate surface area is 201 Å². The number of carbonyl (C=O) groups excluding carboxylic acids is 2. The maximum absolute atomic E-state index is 13.4. The summed E-state index contributed by atoms with van der Waals surface area (Å²) in [6, 6.07) is 15.8. The van der Waals surface area contributed by atoms with Gasteiger partial charge in [-0.25, -0.2) is 4.90 Å². The minimum Gasteiger partial charge on any atom is -0.486 e. The number of nitrogens with zero attached hydrogens (tertiary/aromatic N) is 1. The van der Waals surface area contributed by atoms with E-state index in [0.29, 0.717) is 22.7 Å². The van der Waals surface area contributed by atoms with Crippen LogP contribution < -0.4 is 9.64 Å². The van der Waals surface area contributed by atoms with Crippen molar-refractivity contribution in [3.8, 4) is 5.75 Å². The van der Waals surface area contributed by atoms with E-state index in [1.54, 1.807) is 24.3 Å². The number of hydrogen-bond acceptors (Lipinski definition) is 3. The van der Waals surface area contributed by atoms with Gasteiger partial charge in [0.15, 0.2) is 0 Å². The second-order valence-electron chi connectivity index (χ2n) is 10.4. The number of imide groups is 1. The Hall–Kier alpha value is -3.40. The molecule has 4 nitrogen and oxygen atoms in total. The largest absolute Gasteiger partial charge is 0.486 e. The summed E-state index contributed by atoms with van der Waals surface area (Å²) in [5, 5.41) is 0. The molecule has 2 amide bonds. The molecule has 0 bridgehead atoms. The van der Waals surface area contributed by atoms with E-state index in [1.807, 2.05) is 20.8 Å². The van der Waals surface area contributed by atoms with Gasteiger partial charge in [0.25, 0.3) is 11.8 Å². The molecule has 0 radical (unpaired) electrons. The molecule has 0 fully saturated rings. The maximum Gasteiger partial charge on any atom is 0.266 e. The summed E-state index contributed by atoms with van der Waals surface area (Å²) in [6.45, 7) is 14.6. The summed E-state index contributed by atoms with van der Waals surface area (Å²) in [6.07, 6.45) is 0. The van der Waals surface area contributed by atoms with Crippen LogP contribution in [0.5, 0.6) is 5.75 Å². The van der Waals surface area contributed by atoms with E-state index in [1.165, 1.54) is 16.0 Å². The number of hydrogen-bond donors (Lipinski definition) is 0. The Morgan fingerprint density at radius 1 is 0.824 bits per heavy atom. The first-order valence-corrected chi connectivity index (χ1v) is 11.9. The minimum atomic E-state index is -0.468. The molecule has 1 unspecified atom stereocenters. The SMILES string of the molecule is Cc1c(C)c(N2C(=O)c3ccccc3C2=O)c(C)c2c1OC(C)(C)C2c1ccc(C(C)C)cc1. The van der Waals surface area contributed by atoms with Crippen molar-refractivity contribution in [3.05, 3.63) is 93.0 Å². The van der Waals surface area contributed by atoms with E-state index in [0.717, 1.165) is 28.0 Å².